The summed E-state index contributed by atoms with van der Waals surface area (Å²) in [5, 5.41) is 16.1. The lowest BCUT2D eigenvalue weighted by Crippen LogP contribution is -2.28. The Balaban J connectivity index is 1.67. The van der Waals surface area contributed by atoms with Crippen LogP contribution in [-0.2, 0) is 10.1 Å². The molecule has 0 aromatic heterocycles. The molecular formula is C43H27F3O4S. The summed E-state index contributed by atoms with van der Waals surface area (Å²) in [6.07, 6.45) is 0. The summed E-state index contributed by atoms with van der Waals surface area (Å²) in [6, 6.07) is 47.9. The molecule has 4 nitrogen and oxygen atoms in total. The molecule has 8 rings (SSSR count). The van der Waals surface area contributed by atoms with E-state index in [2.05, 4.69) is 0 Å². The van der Waals surface area contributed by atoms with Crippen LogP contribution in [0.1, 0.15) is 0 Å². The Morgan fingerprint density at radius 1 is 0.451 bits per heavy atom. The van der Waals surface area contributed by atoms with Gasteiger partial charge in [-0.1, -0.05) is 146 Å². The summed E-state index contributed by atoms with van der Waals surface area (Å²) in [4.78, 5) is 0. The number of aromatic hydroxyl groups is 1. The van der Waals surface area contributed by atoms with Gasteiger partial charge in [-0.2, -0.15) is 21.6 Å². The summed E-state index contributed by atoms with van der Waals surface area (Å²) in [5.74, 6) is -0.338. The van der Waals surface area contributed by atoms with Crippen LogP contribution in [0.4, 0.5) is 13.2 Å². The first kappa shape index (κ1) is 32.1. The Kier molecular flexibility index (Phi) is 7.76. The Morgan fingerprint density at radius 2 is 0.843 bits per heavy atom. The number of hydrogen-bond acceptors (Lipinski definition) is 4. The van der Waals surface area contributed by atoms with E-state index in [1.54, 1.807) is 24.3 Å². The Hall–Kier alpha value is -6.12. The van der Waals surface area contributed by atoms with Gasteiger partial charge in [0.15, 0.2) is 5.75 Å². The molecule has 8 aromatic rings. The summed E-state index contributed by atoms with van der Waals surface area (Å²) < 4.78 is 70.9. The van der Waals surface area contributed by atoms with E-state index < -0.39 is 21.4 Å². The van der Waals surface area contributed by atoms with Gasteiger partial charge in [0.25, 0.3) is 0 Å². The molecule has 0 unspecified atom stereocenters. The van der Waals surface area contributed by atoms with Gasteiger partial charge in [-0.15, -0.1) is 0 Å². The fourth-order valence-electron chi connectivity index (χ4n) is 7.09. The van der Waals surface area contributed by atoms with Crippen LogP contribution in [0.5, 0.6) is 11.5 Å². The van der Waals surface area contributed by atoms with Gasteiger partial charge in [0.1, 0.15) is 5.75 Å². The Morgan fingerprint density at radius 3 is 1.33 bits per heavy atom. The molecule has 51 heavy (non-hydrogen) atoms. The van der Waals surface area contributed by atoms with Crippen molar-refractivity contribution in [2.24, 2.45) is 0 Å². The van der Waals surface area contributed by atoms with Crippen molar-refractivity contribution >= 4 is 42.4 Å². The minimum absolute atomic E-state index is 0.111. The third-order valence-electron chi connectivity index (χ3n) is 9.12. The van der Waals surface area contributed by atoms with Crippen LogP contribution in [0.15, 0.2) is 158 Å². The van der Waals surface area contributed by atoms with Gasteiger partial charge in [-0.25, -0.2) is 0 Å². The van der Waals surface area contributed by atoms with Gasteiger partial charge in [-0.3, -0.25) is 0 Å². The summed E-state index contributed by atoms with van der Waals surface area (Å²) in [7, 11) is -6.00. The van der Waals surface area contributed by atoms with Crippen molar-refractivity contribution in [2.75, 3.05) is 0 Å². The number of halogens is 3. The lowest BCUT2D eigenvalue weighted by molar-refractivity contribution is -0.0499. The zero-order valence-electron chi connectivity index (χ0n) is 26.7. The third kappa shape index (κ3) is 5.36. The SMILES string of the molecule is O=S(=O)(Oc1ccccc1-c1c(-c2ccccc2)c2c3ccccc3c(-c3ccccc3O)c(-c3ccccc3)c2c2ccccc12)C(F)(F)F. The predicted molar refractivity (Wildman–Crippen MR) is 198 cm³/mol. The second kappa shape index (κ2) is 12.3. The first-order chi connectivity index (χ1) is 24.7. The number of rotatable bonds is 6. The largest absolute Gasteiger partial charge is 0.534 e. The maximum absolute atomic E-state index is 13.7. The van der Waals surface area contributed by atoms with E-state index in [4.69, 9.17) is 4.18 Å². The van der Waals surface area contributed by atoms with Gasteiger partial charge in [0, 0.05) is 22.3 Å². The number of alkyl halides is 3. The van der Waals surface area contributed by atoms with Crippen LogP contribution in [0.2, 0.25) is 0 Å². The number of fused-ring (bicyclic) bond motifs is 5. The molecule has 0 saturated heterocycles. The summed E-state index contributed by atoms with van der Waals surface area (Å²) >= 11 is 0. The Bertz CT molecular complexity index is 2730. The van der Waals surface area contributed by atoms with Gasteiger partial charge < -0.3 is 9.29 Å². The highest BCUT2D eigenvalue weighted by Gasteiger charge is 2.49. The number of benzene rings is 8. The van der Waals surface area contributed by atoms with Crippen molar-refractivity contribution in [2.45, 2.75) is 5.51 Å². The van der Waals surface area contributed by atoms with E-state index in [9.17, 15) is 26.7 Å². The molecule has 8 heteroatoms. The van der Waals surface area contributed by atoms with Crippen LogP contribution in [0.25, 0.3) is 76.8 Å². The van der Waals surface area contributed by atoms with E-state index in [-0.39, 0.29) is 11.3 Å². The maximum atomic E-state index is 13.7. The minimum atomic E-state index is -6.00. The van der Waals surface area contributed by atoms with Crippen molar-refractivity contribution in [3.63, 3.8) is 0 Å². The third-order valence-corrected chi connectivity index (χ3v) is 10.1. The predicted octanol–water partition coefficient (Wildman–Crippen LogP) is 11.7. The first-order valence-corrected chi connectivity index (χ1v) is 17.5. The number of para-hydroxylation sites is 2. The van der Waals surface area contributed by atoms with E-state index >= 15 is 0 Å². The monoisotopic (exact) mass is 696 g/mol. The maximum Gasteiger partial charge on any atom is 0.534 e. The lowest BCUT2D eigenvalue weighted by Gasteiger charge is -2.25. The smallest absolute Gasteiger partial charge is 0.507 e. The second-order valence-electron chi connectivity index (χ2n) is 12.1. The molecule has 1 N–H and O–H groups in total. The quantitative estimate of drug-likeness (QED) is 0.107. The fourth-order valence-corrected chi connectivity index (χ4v) is 7.57. The highest BCUT2D eigenvalue weighted by atomic mass is 32.2. The van der Waals surface area contributed by atoms with Crippen molar-refractivity contribution < 1.29 is 30.9 Å². The van der Waals surface area contributed by atoms with E-state index in [1.165, 1.54) is 12.1 Å². The Labute approximate surface area is 291 Å². The number of hydrogen-bond donors (Lipinski definition) is 1. The first-order valence-electron chi connectivity index (χ1n) is 16.1. The van der Waals surface area contributed by atoms with Gasteiger partial charge in [0.05, 0.1) is 0 Å². The van der Waals surface area contributed by atoms with Crippen molar-refractivity contribution in [3.8, 4) is 56.0 Å². The average Bonchev–Trinajstić information content (AvgIpc) is 3.14. The molecule has 0 aliphatic rings. The van der Waals surface area contributed by atoms with Crippen LogP contribution < -0.4 is 4.18 Å². The van der Waals surface area contributed by atoms with Crippen LogP contribution >= 0.6 is 0 Å². The molecule has 0 amide bonds. The molecule has 0 aliphatic carbocycles. The molecule has 0 heterocycles. The molecule has 0 saturated carbocycles. The van der Waals surface area contributed by atoms with Crippen molar-refractivity contribution in [1.82, 2.24) is 0 Å². The minimum Gasteiger partial charge on any atom is -0.507 e. The molecule has 8 aromatic carbocycles. The molecule has 0 radical (unpaired) electrons. The highest BCUT2D eigenvalue weighted by Crippen LogP contribution is 2.55. The standard InChI is InChI=1S/C43H27F3O4S/c44-43(45,46)51(48,49)50-36-26-14-12-24-34(36)40-30-20-8-10-22-32(30)41-37(27-15-3-1-4-16-27)39(33-23-11-13-25-35(33)47)29-19-7-9-21-31(29)42(41)38(40)28-17-5-2-6-18-28/h1-26,47H. The van der Waals surface area contributed by atoms with E-state index in [1.807, 2.05) is 121 Å². The topological polar surface area (TPSA) is 63.6 Å². The van der Waals surface area contributed by atoms with Crippen LogP contribution in [0, 0.1) is 0 Å². The summed E-state index contributed by atoms with van der Waals surface area (Å²) in [6.45, 7) is 0. The molecule has 0 spiro atoms. The van der Waals surface area contributed by atoms with Gasteiger partial charge in [0.2, 0.25) is 0 Å². The molecule has 0 atom stereocenters. The zero-order valence-corrected chi connectivity index (χ0v) is 27.5. The molecule has 0 bridgehead atoms. The molecule has 250 valence electrons. The lowest BCUT2D eigenvalue weighted by atomic mass is 9.78. The number of phenolic OH excluding ortho intramolecular Hbond substituents is 1. The zero-order chi connectivity index (χ0) is 35.3. The molecular weight excluding hydrogens is 670 g/mol. The van der Waals surface area contributed by atoms with Crippen molar-refractivity contribution in [1.29, 1.82) is 0 Å². The second-order valence-corrected chi connectivity index (χ2v) is 13.6. The van der Waals surface area contributed by atoms with Crippen molar-refractivity contribution in [3.05, 3.63) is 158 Å². The highest BCUT2D eigenvalue weighted by molar-refractivity contribution is 7.88. The average molecular weight is 697 g/mol. The van der Waals surface area contributed by atoms with E-state index in [0.29, 0.717) is 22.1 Å². The number of phenols is 1. The normalized spacial score (nSPS) is 12.1. The van der Waals surface area contributed by atoms with Gasteiger partial charge >= 0.3 is 15.6 Å². The summed E-state index contributed by atoms with van der Waals surface area (Å²) in [5.41, 5.74) is -0.293. The van der Waals surface area contributed by atoms with Crippen LogP contribution in [0.3, 0.4) is 0 Å². The van der Waals surface area contributed by atoms with Gasteiger partial charge in [-0.05, 0) is 66.7 Å². The molecule has 0 fully saturated rings. The van der Waals surface area contributed by atoms with E-state index in [0.717, 1.165) is 49.2 Å². The molecule has 0 aliphatic heterocycles. The van der Waals surface area contributed by atoms with Crippen LogP contribution in [-0.4, -0.2) is 19.0 Å². The fraction of sp³-hybridized carbons (Fsp3) is 0.0233.